The summed E-state index contributed by atoms with van der Waals surface area (Å²) in [5.74, 6) is -4.61. The van der Waals surface area contributed by atoms with Crippen LogP contribution in [0.2, 0.25) is 0 Å². The molecule has 0 saturated carbocycles. The van der Waals surface area contributed by atoms with Crippen molar-refractivity contribution in [2.75, 3.05) is 13.2 Å². The fraction of sp³-hybridized carbons (Fsp3) is 0.111. The Hall–Kier alpha value is -3.60. The van der Waals surface area contributed by atoms with E-state index in [2.05, 4.69) is 0 Å². The summed E-state index contributed by atoms with van der Waals surface area (Å²) in [6, 6.07) is 2.36. The van der Waals surface area contributed by atoms with Crippen LogP contribution in [-0.2, 0) is 4.74 Å². The Labute approximate surface area is 160 Å². The smallest absolute Gasteiger partial charge is 0.312 e. The van der Waals surface area contributed by atoms with Gasteiger partial charge in [0.1, 0.15) is 11.6 Å². The average molecular weight is 412 g/mol. The van der Waals surface area contributed by atoms with Gasteiger partial charge in [-0.2, -0.15) is 8.78 Å². The molecule has 11 heteroatoms. The molecule has 0 radical (unpaired) electrons. The van der Waals surface area contributed by atoms with Crippen molar-refractivity contribution >= 4 is 23.5 Å². The topological polar surface area (TPSA) is 95.5 Å². The molecule has 0 saturated heterocycles. The second kappa shape index (κ2) is 9.55. The third kappa shape index (κ3) is 5.69. The van der Waals surface area contributed by atoms with Crippen LogP contribution in [0, 0.1) is 43.5 Å². The lowest BCUT2D eigenvalue weighted by atomic mass is 10.1. The van der Waals surface area contributed by atoms with Gasteiger partial charge in [0.25, 0.3) is 0 Å². The molecular formula is C18H12F4N2O5. The SMILES string of the molecule is O=[N+]([O-])c1c(F)cc(F)cc1C=CCOCC=Cc1cc(F)cc(F)c1[N+](=O)[O-]. The van der Waals surface area contributed by atoms with Gasteiger partial charge in [-0.25, -0.2) is 8.78 Å². The van der Waals surface area contributed by atoms with E-state index in [1.807, 2.05) is 0 Å². The molecule has 0 aliphatic heterocycles. The number of nitro groups is 2. The summed E-state index contributed by atoms with van der Waals surface area (Å²) in [6.45, 7) is -0.252. The second-order valence-corrected chi connectivity index (χ2v) is 5.51. The lowest BCUT2D eigenvalue weighted by molar-refractivity contribution is -0.387. The predicted molar refractivity (Wildman–Crippen MR) is 94.9 cm³/mol. The third-order valence-electron chi connectivity index (χ3n) is 3.50. The molecule has 0 atom stereocenters. The molecule has 0 N–H and O–H groups in total. The van der Waals surface area contributed by atoms with Crippen molar-refractivity contribution in [3.8, 4) is 0 Å². The summed E-state index contributed by atoms with van der Waals surface area (Å²) in [4.78, 5) is 19.7. The van der Waals surface area contributed by atoms with Crippen molar-refractivity contribution in [3.63, 3.8) is 0 Å². The monoisotopic (exact) mass is 412 g/mol. The normalized spacial score (nSPS) is 11.4. The van der Waals surface area contributed by atoms with Crippen LogP contribution in [0.25, 0.3) is 12.2 Å². The van der Waals surface area contributed by atoms with Gasteiger partial charge in [0.05, 0.1) is 34.2 Å². The highest BCUT2D eigenvalue weighted by Gasteiger charge is 2.21. The van der Waals surface area contributed by atoms with Crippen LogP contribution in [0.4, 0.5) is 28.9 Å². The van der Waals surface area contributed by atoms with E-state index in [1.165, 1.54) is 12.2 Å². The van der Waals surface area contributed by atoms with Crippen LogP contribution < -0.4 is 0 Å². The van der Waals surface area contributed by atoms with Crippen LogP contribution in [0.5, 0.6) is 0 Å². The Morgan fingerprint density at radius 1 is 0.759 bits per heavy atom. The second-order valence-electron chi connectivity index (χ2n) is 5.51. The van der Waals surface area contributed by atoms with E-state index in [0.29, 0.717) is 12.1 Å². The van der Waals surface area contributed by atoms with E-state index in [4.69, 9.17) is 4.74 Å². The van der Waals surface area contributed by atoms with Crippen LogP contribution in [0.1, 0.15) is 11.1 Å². The van der Waals surface area contributed by atoms with E-state index >= 15 is 0 Å². The van der Waals surface area contributed by atoms with Crippen molar-refractivity contribution in [3.05, 3.63) is 91.0 Å². The zero-order chi connectivity index (χ0) is 21.6. The number of benzene rings is 2. The van der Waals surface area contributed by atoms with Gasteiger partial charge >= 0.3 is 11.4 Å². The highest BCUT2D eigenvalue weighted by molar-refractivity contribution is 5.62. The molecule has 0 aromatic heterocycles. The average Bonchev–Trinajstić information content (AvgIpc) is 2.58. The number of rotatable bonds is 8. The van der Waals surface area contributed by atoms with Gasteiger partial charge in [0.15, 0.2) is 0 Å². The summed E-state index contributed by atoms with van der Waals surface area (Å²) in [5.41, 5.74) is -2.36. The Kier molecular flexibility index (Phi) is 7.15. The molecule has 0 amide bonds. The predicted octanol–water partition coefficient (Wildman–Crippen LogP) is 4.80. The largest absolute Gasteiger partial charge is 0.373 e. The van der Waals surface area contributed by atoms with E-state index in [1.54, 1.807) is 0 Å². The van der Waals surface area contributed by atoms with Crippen molar-refractivity contribution < 1.29 is 32.1 Å². The summed E-state index contributed by atoms with van der Waals surface area (Å²) >= 11 is 0. The van der Waals surface area contributed by atoms with E-state index in [0.717, 1.165) is 24.3 Å². The summed E-state index contributed by atoms with van der Waals surface area (Å²) in [6.07, 6.45) is 4.72. The molecule has 0 aliphatic rings. The van der Waals surface area contributed by atoms with Crippen molar-refractivity contribution in [1.82, 2.24) is 0 Å². The van der Waals surface area contributed by atoms with Gasteiger partial charge in [0.2, 0.25) is 11.6 Å². The minimum absolute atomic E-state index is 0.126. The van der Waals surface area contributed by atoms with Crippen molar-refractivity contribution in [1.29, 1.82) is 0 Å². The molecule has 29 heavy (non-hydrogen) atoms. The van der Waals surface area contributed by atoms with Crippen molar-refractivity contribution in [2.24, 2.45) is 0 Å². The minimum atomic E-state index is -1.32. The Morgan fingerprint density at radius 3 is 1.48 bits per heavy atom. The van der Waals surface area contributed by atoms with E-state index < -0.39 is 44.5 Å². The maximum absolute atomic E-state index is 13.5. The van der Waals surface area contributed by atoms with Gasteiger partial charge in [-0.15, -0.1) is 0 Å². The Balaban J connectivity index is 2.00. The van der Waals surface area contributed by atoms with Gasteiger partial charge in [-0.3, -0.25) is 20.2 Å². The highest BCUT2D eigenvalue weighted by Crippen LogP contribution is 2.26. The Morgan fingerprint density at radius 2 is 1.14 bits per heavy atom. The minimum Gasteiger partial charge on any atom is -0.373 e. The van der Waals surface area contributed by atoms with Crippen LogP contribution in [-0.4, -0.2) is 23.1 Å². The zero-order valence-electron chi connectivity index (χ0n) is 14.5. The highest BCUT2D eigenvalue weighted by atomic mass is 19.1. The van der Waals surface area contributed by atoms with E-state index in [9.17, 15) is 37.8 Å². The van der Waals surface area contributed by atoms with Gasteiger partial charge in [-0.05, 0) is 24.3 Å². The standard InChI is InChI=1S/C18H12F4N2O5/c19-13-7-11(17(23(25)26)15(21)9-13)3-1-5-29-6-2-4-12-8-14(20)10-16(22)18(12)24(27)28/h1-4,7-10H,5-6H2. The summed E-state index contributed by atoms with van der Waals surface area (Å²) in [7, 11) is 0. The molecule has 152 valence electrons. The fourth-order valence-corrected chi connectivity index (χ4v) is 2.37. The molecule has 2 aromatic carbocycles. The molecular weight excluding hydrogens is 400 g/mol. The zero-order valence-corrected chi connectivity index (χ0v) is 14.5. The number of nitrogens with zero attached hydrogens (tertiary/aromatic N) is 2. The van der Waals surface area contributed by atoms with Gasteiger partial charge < -0.3 is 4.74 Å². The molecule has 0 bridgehead atoms. The maximum atomic E-state index is 13.5. The molecule has 7 nitrogen and oxygen atoms in total. The number of hydrogen-bond acceptors (Lipinski definition) is 5. The van der Waals surface area contributed by atoms with Crippen LogP contribution >= 0.6 is 0 Å². The third-order valence-corrected chi connectivity index (χ3v) is 3.50. The van der Waals surface area contributed by atoms with Crippen LogP contribution in [0.3, 0.4) is 0 Å². The lowest BCUT2D eigenvalue weighted by Crippen LogP contribution is -1.98. The molecule has 0 unspecified atom stereocenters. The first-order valence-corrected chi connectivity index (χ1v) is 7.88. The molecule has 0 aliphatic carbocycles. The van der Waals surface area contributed by atoms with Crippen molar-refractivity contribution in [2.45, 2.75) is 0 Å². The quantitative estimate of drug-likeness (QED) is 0.269. The maximum Gasteiger partial charge on any atom is 0.312 e. The molecule has 0 spiro atoms. The molecule has 2 rings (SSSR count). The summed E-state index contributed by atoms with van der Waals surface area (Å²) < 4.78 is 58.5. The number of ether oxygens (including phenoxy) is 1. The fourth-order valence-electron chi connectivity index (χ4n) is 2.37. The first kappa shape index (κ1) is 21.7. The molecule has 0 fully saturated rings. The van der Waals surface area contributed by atoms with Gasteiger partial charge in [0, 0.05) is 12.1 Å². The summed E-state index contributed by atoms with van der Waals surface area (Å²) in [5, 5.41) is 21.7. The Bertz CT molecular complexity index is 929. The number of halogens is 4. The first-order valence-electron chi connectivity index (χ1n) is 7.88. The van der Waals surface area contributed by atoms with Gasteiger partial charge in [-0.1, -0.05) is 12.2 Å². The van der Waals surface area contributed by atoms with Crippen LogP contribution in [0.15, 0.2) is 36.4 Å². The van der Waals surface area contributed by atoms with E-state index in [-0.39, 0.29) is 24.3 Å². The molecule has 0 heterocycles. The number of hydrogen-bond donors (Lipinski definition) is 0. The molecule has 2 aromatic rings. The number of nitro benzene ring substituents is 2. The first-order chi connectivity index (χ1) is 13.7. The lowest BCUT2D eigenvalue weighted by Gasteiger charge is -2.01.